The minimum absolute atomic E-state index is 0.175. The van der Waals surface area contributed by atoms with Crippen LogP contribution in [0, 0.1) is 24.7 Å². The van der Waals surface area contributed by atoms with Gasteiger partial charge in [0, 0.05) is 0 Å². The minimum Gasteiger partial charge on any atom is -0.462 e. The molecule has 0 spiro atoms. The van der Waals surface area contributed by atoms with Gasteiger partial charge >= 0.3 is 5.97 Å². The zero-order valence-electron chi connectivity index (χ0n) is 13.0. The second kappa shape index (κ2) is 6.64. The number of carbonyl (C=O) groups excluding carboxylic acids is 1. The topological polar surface area (TPSA) is 26.3 Å². The molecule has 3 rings (SSSR count). The highest BCUT2D eigenvalue weighted by Gasteiger charge is 2.31. The molecule has 0 N–H and O–H groups in total. The first-order valence-electron chi connectivity index (χ1n) is 8.44. The second-order valence-electron chi connectivity index (χ2n) is 7.03. The van der Waals surface area contributed by atoms with E-state index in [1.165, 1.54) is 44.1 Å². The van der Waals surface area contributed by atoms with E-state index < -0.39 is 0 Å². The molecule has 21 heavy (non-hydrogen) atoms. The maximum absolute atomic E-state index is 12.0. The predicted octanol–water partition coefficient (Wildman–Crippen LogP) is 4.76. The van der Waals surface area contributed by atoms with Gasteiger partial charge in [-0.1, -0.05) is 37.0 Å². The van der Waals surface area contributed by atoms with E-state index in [9.17, 15) is 4.79 Å². The monoisotopic (exact) mass is 286 g/mol. The second-order valence-corrected chi connectivity index (χ2v) is 7.03. The highest BCUT2D eigenvalue weighted by Crippen LogP contribution is 2.43. The Labute approximate surface area is 127 Å². The van der Waals surface area contributed by atoms with Gasteiger partial charge in [-0.15, -0.1) is 0 Å². The van der Waals surface area contributed by atoms with E-state index in [0.29, 0.717) is 12.2 Å². The Hall–Kier alpha value is -1.31. The molecule has 0 aromatic heterocycles. The minimum atomic E-state index is -0.175. The molecule has 0 amide bonds. The quantitative estimate of drug-likeness (QED) is 0.746. The molecule has 2 unspecified atom stereocenters. The van der Waals surface area contributed by atoms with Crippen LogP contribution in [0.15, 0.2) is 24.3 Å². The Morgan fingerprint density at radius 2 is 1.76 bits per heavy atom. The fourth-order valence-electron chi connectivity index (χ4n) is 4.20. The third kappa shape index (κ3) is 3.87. The number of carbonyl (C=O) groups is 1. The van der Waals surface area contributed by atoms with Crippen LogP contribution in [0.1, 0.15) is 60.9 Å². The van der Waals surface area contributed by atoms with E-state index in [0.717, 1.165) is 24.2 Å². The number of hydrogen-bond donors (Lipinski definition) is 0. The van der Waals surface area contributed by atoms with Gasteiger partial charge in [-0.3, -0.25) is 0 Å². The lowest BCUT2D eigenvalue weighted by molar-refractivity contribution is 0.0441. The Bertz CT molecular complexity index is 465. The fourth-order valence-corrected chi connectivity index (χ4v) is 4.20. The van der Waals surface area contributed by atoms with Crippen LogP contribution in [-0.4, -0.2) is 12.6 Å². The van der Waals surface area contributed by atoms with Gasteiger partial charge in [0.1, 0.15) is 0 Å². The highest BCUT2D eigenvalue weighted by atomic mass is 16.5. The van der Waals surface area contributed by atoms with Crippen molar-refractivity contribution in [1.29, 1.82) is 0 Å². The summed E-state index contributed by atoms with van der Waals surface area (Å²) in [6.45, 7) is 2.60. The summed E-state index contributed by atoms with van der Waals surface area (Å²) in [6.07, 6.45) is 9.51. The number of aryl methyl sites for hydroxylation is 1. The average molecular weight is 286 g/mol. The van der Waals surface area contributed by atoms with Gasteiger partial charge in [0.15, 0.2) is 0 Å². The fraction of sp³-hybridized carbons (Fsp3) is 0.632. The summed E-state index contributed by atoms with van der Waals surface area (Å²) in [7, 11) is 0. The molecule has 2 atom stereocenters. The summed E-state index contributed by atoms with van der Waals surface area (Å²) in [4.78, 5) is 12.0. The summed E-state index contributed by atoms with van der Waals surface area (Å²) < 4.78 is 5.45. The SMILES string of the molecule is Cc1ccc(C(=O)OCCC2CC3CCCC(C3)C2)cc1. The number of ether oxygens (including phenoxy) is 1. The average Bonchev–Trinajstić information content (AvgIpc) is 2.47. The molecule has 1 aromatic carbocycles. The normalized spacial score (nSPS) is 28.1. The molecule has 1 aromatic rings. The van der Waals surface area contributed by atoms with Crippen LogP contribution >= 0.6 is 0 Å². The third-order valence-corrected chi connectivity index (χ3v) is 5.27. The molecule has 2 heteroatoms. The predicted molar refractivity (Wildman–Crippen MR) is 84.3 cm³/mol. The van der Waals surface area contributed by atoms with Crippen molar-refractivity contribution in [1.82, 2.24) is 0 Å². The van der Waals surface area contributed by atoms with Gasteiger partial charge in [-0.05, 0) is 62.5 Å². The van der Waals surface area contributed by atoms with Gasteiger partial charge in [-0.25, -0.2) is 4.79 Å². The number of esters is 1. The van der Waals surface area contributed by atoms with Crippen LogP contribution < -0.4 is 0 Å². The molecular formula is C19H26O2. The van der Waals surface area contributed by atoms with Gasteiger partial charge in [0.25, 0.3) is 0 Å². The highest BCUT2D eigenvalue weighted by molar-refractivity contribution is 5.89. The van der Waals surface area contributed by atoms with E-state index in [1.807, 2.05) is 31.2 Å². The van der Waals surface area contributed by atoms with E-state index in [-0.39, 0.29) is 5.97 Å². The third-order valence-electron chi connectivity index (χ3n) is 5.27. The smallest absolute Gasteiger partial charge is 0.338 e. The van der Waals surface area contributed by atoms with Crippen molar-refractivity contribution in [3.63, 3.8) is 0 Å². The van der Waals surface area contributed by atoms with Crippen molar-refractivity contribution in [3.8, 4) is 0 Å². The molecule has 2 aliphatic rings. The summed E-state index contributed by atoms with van der Waals surface area (Å²) in [5.74, 6) is 2.51. The van der Waals surface area contributed by atoms with Crippen molar-refractivity contribution in [2.45, 2.75) is 51.9 Å². The molecule has 0 radical (unpaired) electrons. The van der Waals surface area contributed by atoms with Gasteiger partial charge in [0.05, 0.1) is 12.2 Å². The first kappa shape index (κ1) is 14.6. The van der Waals surface area contributed by atoms with E-state index in [1.54, 1.807) is 0 Å². The molecule has 114 valence electrons. The van der Waals surface area contributed by atoms with E-state index in [4.69, 9.17) is 4.74 Å². The molecule has 0 heterocycles. The summed E-state index contributed by atoms with van der Waals surface area (Å²) in [5, 5.41) is 0. The van der Waals surface area contributed by atoms with Crippen molar-refractivity contribution in [3.05, 3.63) is 35.4 Å². The Morgan fingerprint density at radius 1 is 1.10 bits per heavy atom. The van der Waals surface area contributed by atoms with Crippen LogP contribution in [0.4, 0.5) is 0 Å². The van der Waals surface area contributed by atoms with Crippen LogP contribution in [-0.2, 0) is 4.74 Å². The molecule has 0 saturated heterocycles. The zero-order valence-corrected chi connectivity index (χ0v) is 13.0. The molecule has 2 aliphatic carbocycles. The molecular weight excluding hydrogens is 260 g/mol. The molecule has 2 fully saturated rings. The number of benzene rings is 1. The Kier molecular flexibility index (Phi) is 4.62. The van der Waals surface area contributed by atoms with Crippen LogP contribution in [0.5, 0.6) is 0 Å². The van der Waals surface area contributed by atoms with E-state index >= 15 is 0 Å². The largest absolute Gasteiger partial charge is 0.462 e. The van der Waals surface area contributed by atoms with Crippen LogP contribution in [0.25, 0.3) is 0 Å². The maximum atomic E-state index is 12.0. The first-order chi connectivity index (χ1) is 10.2. The lowest BCUT2D eigenvalue weighted by Crippen LogP contribution is -2.27. The standard InChI is InChI=1S/C19H26O2/c1-14-5-7-18(8-6-14)19(20)21-10-9-17-12-15-3-2-4-16(11-15)13-17/h5-8,15-17H,2-4,9-13H2,1H3. The van der Waals surface area contributed by atoms with Crippen molar-refractivity contribution in [2.75, 3.05) is 6.61 Å². The van der Waals surface area contributed by atoms with Crippen LogP contribution in [0.3, 0.4) is 0 Å². The first-order valence-corrected chi connectivity index (χ1v) is 8.44. The maximum Gasteiger partial charge on any atom is 0.338 e. The number of rotatable bonds is 4. The Morgan fingerprint density at radius 3 is 2.43 bits per heavy atom. The van der Waals surface area contributed by atoms with Gasteiger partial charge < -0.3 is 4.74 Å². The summed E-state index contributed by atoms with van der Waals surface area (Å²) >= 11 is 0. The summed E-state index contributed by atoms with van der Waals surface area (Å²) in [5.41, 5.74) is 1.83. The van der Waals surface area contributed by atoms with E-state index in [2.05, 4.69) is 0 Å². The van der Waals surface area contributed by atoms with Gasteiger partial charge in [0.2, 0.25) is 0 Å². The lowest BCUT2D eigenvalue weighted by Gasteiger charge is -2.39. The summed E-state index contributed by atoms with van der Waals surface area (Å²) in [6, 6.07) is 7.61. The van der Waals surface area contributed by atoms with Crippen molar-refractivity contribution in [2.24, 2.45) is 17.8 Å². The molecule has 2 saturated carbocycles. The molecule has 0 aliphatic heterocycles. The van der Waals surface area contributed by atoms with Crippen LogP contribution in [0.2, 0.25) is 0 Å². The molecule has 2 bridgehead atoms. The number of hydrogen-bond acceptors (Lipinski definition) is 2. The number of fused-ring (bicyclic) bond motifs is 2. The van der Waals surface area contributed by atoms with Crippen molar-refractivity contribution < 1.29 is 9.53 Å². The molecule has 2 nitrogen and oxygen atoms in total. The Balaban J connectivity index is 1.43. The van der Waals surface area contributed by atoms with Gasteiger partial charge in [-0.2, -0.15) is 0 Å². The van der Waals surface area contributed by atoms with Crippen molar-refractivity contribution >= 4 is 5.97 Å². The zero-order chi connectivity index (χ0) is 14.7. The lowest BCUT2D eigenvalue weighted by atomic mass is 9.67.